The zero-order chi connectivity index (χ0) is 12.0. The van der Waals surface area contributed by atoms with Crippen molar-refractivity contribution in [2.24, 2.45) is 0 Å². The van der Waals surface area contributed by atoms with Crippen LogP contribution in [0.5, 0.6) is 0 Å². The molecule has 0 aliphatic carbocycles. The fourth-order valence-corrected chi connectivity index (χ4v) is 2.17. The Hall–Kier alpha value is -1.14. The Bertz CT molecular complexity index is 434. The average Bonchev–Trinajstić information content (AvgIpc) is 2.17. The summed E-state index contributed by atoms with van der Waals surface area (Å²) in [5, 5.41) is 2.91. The zero-order valence-corrected chi connectivity index (χ0v) is 9.85. The van der Waals surface area contributed by atoms with Crippen LogP contribution < -0.4 is 10.0 Å². The van der Waals surface area contributed by atoms with E-state index in [1.165, 1.54) is 18.2 Å². The summed E-state index contributed by atoms with van der Waals surface area (Å²) in [6.45, 7) is 2.99. The van der Waals surface area contributed by atoms with Gasteiger partial charge in [-0.05, 0) is 24.7 Å². The van der Waals surface area contributed by atoms with Gasteiger partial charge in [0.2, 0.25) is 10.0 Å². The number of rotatable bonds is 6. The van der Waals surface area contributed by atoms with Gasteiger partial charge < -0.3 is 5.32 Å². The van der Waals surface area contributed by atoms with Crippen LogP contribution in [0, 0.1) is 5.82 Å². The molecule has 0 saturated carbocycles. The standard InChI is InChI=1S/C10H15FN2O2S/c1-2-12-6-7-16(14,15)13-10-5-3-4-9(11)8-10/h3-5,8,12-13H,2,6-7H2,1H3. The minimum absolute atomic E-state index is 0.0304. The van der Waals surface area contributed by atoms with Crippen molar-refractivity contribution in [1.82, 2.24) is 5.32 Å². The monoisotopic (exact) mass is 246 g/mol. The number of benzene rings is 1. The Morgan fingerprint density at radius 1 is 1.38 bits per heavy atom. The molecule has 90 valence electrons. The lowest BCUT2D eigenvalue weighted by Gasteiger charge is -2.07. The fraction of sp³-hybridized carbons (Fsp3) is 0.400. The highest BCUT2D eigenvalue weighted by molar-refractivity contribution is 7.92. The third-order valence-electron chi connectivity index (χ3n) is 1.90. The molecule has 0 aromatic heterocycles. The molecule has 1 aromatic carbocycles. The first kappa shape index (κ1) is 12.9. The van der Waals surface area contributed by atoms with Crippen molar-refractivity contribution >= 4 is 15.7 Å². The van der Waals surface area contributed by atoms with Gasteiger partial charge in [0.05, 0.1) is 11.4 Å². The highest BCUT2D eigenvalue weighted by Crippen LogP contribution is 2.10. The molecule has 6 heteroatoms. The highest BCUT2D eigenvalue weighted by atomic mass is 32.2. The van der Waals surface area contributed by atoms with Gasteiger partial charge in [0, 0.05) is 6.54 Å². The van der Waals surface area contributed by atoms with Crippen LogP contribution in [-0.4, -0.2) is 27.3 Å². The fourth-order valence-electron chi connectivity index (χ4n) is 1.17. The van der Waals surface area contributed by atoms with Crippen LogP contribution in [0.1, 0.15) is 6.92 Å². The Kier molecular flexibility index (Phi) is 4.70. The highest BCUT2D eigenvalue weighted by Gasteiger charge is 2.09. The molecule has 16 heavy (non-hydrogen) atoms. The van der Waals surface area contributed by atoms with E-state index >= 15 is 0 Å². The molecule has 0 fully saturated rings. The number of hydrogen-bond acceptors (Lipinski definition) is 3. The van der Waals surface area contributed by atoms with Crippen molar-refractivity contribution in [1.29, 1.82) is 0 Å². The molecule has 0 heterocycles. The van der Waals surface area contributed by atoms with Gasteiger partial charge in [0.15, 0.2) is 0 Å². The van der Waals surface area contributed by atoms with E-state index in [0.29, 0.717) is 6.54 Å². The van der Waals surface area contributed by atoms with Crippen molar-refractivity contribution in [3.8, 4) is 0 Å². The van der Waals surface area contributed by atoms with E-state index in [0.717, 1.165) is 12.6 Å². The maximum absolute atomic E-state index is 12.8. The van der Waals surface area contributed by atoms with Gasteiger partial charge in [-0.1, -0.05) is 13.0 Å². The number of sulfonamides is 1. The number of nitrogens with one attached hydrogen (secondary N) is 2. The van der Waals surface area contributed by atoms with E-state index in [1.54, 1.807) is 0 Å². The largest absolute Gasteiger partial charge is 0.316 e. The predicted molar refractivity (Wildman–Crippen MR) is 62.4 cm³/mol. The molecule has 0 amide bonds. The predicted octanol–water partition coefficient (Wildman–Crippen LogP) is 1.18. The Morgan fingerprint density at radius 2 is 2.12 bits per heavy atom. The van der Waals surface area contributed by atoms with E-state index < -0.39 is 15.8 Å². The maximum Gasteiger partial charge on any atom is 0.233 e. The third kappa shape index (κ3) is 4.59. The Labute approximate surface area is 94.9 Å². The quantitative estimate of drug-likeness (QED) is 0.741. The molecule has 0 atom stereocenters. The number of hydrogen-bond donors (Lipinski definition) is 2. The van der Waals surface area contributed by atoms with Crippen LogP contribution in [0.15, 0.2) is 24.3 Å². The maximum atomic E-state index is 12.8. The van der Waals surface area contributed by atoms with Crippen molar-refractivity contribution in [2.75, 3.05) is 23.6 Å². The van der Waals surface area contributed by atoms with Crippen LogP contribution >= 0.6 is 0 Å². The second kappa shape index (κ2) is 5.81. The van der Waals surface area contributed by atoms with E-state index in [4.69, 9.17) is 0 Å². The van der Waals surface area contributed by atoms with Crippen LogP contribution in [-0.2, 0) is 10.0 Å². The summed E-state index contributed by atoms with van der Waals surface area (Å²) < 4.78 is 38.1. The van der Waals surface area contributed by atoms with Gasteiger partial charge in [0.1, 0.15) is 5.82 Å². The Balaban J connectivity index is 2.59. The molecule has 0 unspecified atom stereocenters. The van der Waals surface area contributed by atoms with Gasteiger partial charge in [-0.25, -0.2) is 12.8 Å². The normalized spacial score (nSPS) is 11.4. The van der Waals surface area contributed by atoms with Crippen LogP contribution in [0.4, 0.5) is 10.1 Å². The van der Waals surface area contributed by atoms with Gasteiger partial charge in [-0.15, -0.1) is 0 Å². The summed E-state index contributed by atoms with van der Waals surface area (Å²) in [7, 11) is -3.40. The second-order valence-corrected chi connectivity index (χ2v) is 5.13. The molecular weight excluding hydrogens is 231 g/mol. The summed E-state index contributed by atoms with van der Waals surface area (Å²) in [5.41, 5.74) is 0.247. The molecule has 0 spiro atoms. The molecule has 0 saturated heterocycles. The summed E-state index contributed by atoms with van der Waals surface area (Å²) in [5.74, 6) is -0.496. The van der Waals surface area contributed by atoms with Crippen LogP contribution in [0.25, 0.3) is 0 Å². The SMILES string of the molecule is CCNCCS(=O)(=O)Nc1cccc(F)c1. The molecule has 0 bridgehead atoms. The van der Waals surface area contributed by atoms with Crippen LogP contribution in [0.2, 0.25) is 0 Å². The molecule has 1 aromatic rings. The van der Waals surface area contributed by atoms with Crippen molar-refractivity contribution in [2.45, 2.75) is 6.92 Å². The summed E-state index contributed by atoms with van der Waals surface area (Å²) in [4.78, 5) is 0. The van der Waals surface area contributed by atoms with Gasteiger partial charge in [-0.3, -0.25) is 4.72 Å². The zero-order valence-electron chi connectivity index (χ0n) is 9.03. The minimum atomic E-state index is -3.40. The van der Waals surface area contributed by atoms with Crippen molar-refractivity contribution < 1.29 is 12.8 Å². The molecular formula is C10H15FN2O2S. The first-order valence-electron chi connectivity index (χ1n) is 5.00. The summed E-state index contributed by atoms with van der Waals surface area (Å²) in [6.07, 6.45) is 0. The third-order valence-corrected chi connectivity index (χ3v) is 3.18. The summed E-state index contributed by atoms with van der Waals surface area (Å²) in [6, 6.07) is 5.37. The van der Waals surface area contributed by atoms with E-state index in [2.05, 4.69) is 10.0 Å². The van der Waals surface area contributed by atoms with Gasteiger partial charge >= 0.3 is 0 Å². The lowest BCUT2D eigenvalue weighted by atomic mass is 10.3. The summed E-state index contributed by atoms with van der Waals surface area (Å²) >= 11 is 0. The van der Waals surface area contributed by atoms with E-state index in [9.17, 15) is 12.8 Å². The lowest BCUT2D eigenvalue weighted by Crippen LogP contribution is -2.26. The van der Waals surface area contributed by atoms with Crippen molar-refractivity contribution in [3.63, 3.8) is 0 Å². The van der Waals surface area contributed by atoms with E-state index in [1.807, 2.05) is 6.92 Å². The lowest BCUT2D eigenvalue weighted by molar-refractivity contribution is 0.597. The molecule has 2 N–H and O–H groups in total. The van der Waals surface area contributed by atoms with Gasteiger partial charge in [0.25, 0.3) is 0 Å². The average molecular weight is 246 g/mol. The molecule has 0 aliphatic heterocycles. The molecule has 0 radical (unpaired) electrons. The first-order chi connectivity index (χ1) is 7.53. The number of halogens is 1. The molecule has 1 rings (SSSR count). The van der Waals surface area contributed by atoms with Crippen LogP contribution in [0.3, 0.4) is 0 Å². The molecule has 0 aliphatic rings. The number of anilines is 1. The molecule has 4 nitrogen and oxygen atoms in total. The Morgan fingerprint density at radius 3 is 2.75 bits per heavy atom. The minimum Gasteiger partial charge on any atom is -0.316 e. The topological polar surface area (TPSA) is 58.2 Å². The second-order valence-electron chi connectivity index (χ2n) is 3.28. The first-order valence-corrected chi connectivity index (χ1v) is 6.65. The van der Waals surface area contributed by atoms with Gasteiger partial charge in [-0.2, -0.15) is 0 Å². The van der Waals surface area contributed by atoms with Crippen molar-refractivity contribution in [3.05, 3.63) is 30.1 Å². The van der Waals surface area contributed by atoms with E-state index in [-0.39, 0.29) is 11.4 Å². The smallest absolute Gasteiger partial charge is 0.233 e.